The van der Waals surface area contributed by atoms with Gasteiger partial charge in [0.2, 0.25) is 0 Å². The highest BCUT2D eigenvalue weighted by atomic mass is 19.1. The van der Waals surface area contributed by atoms with E-state index < -0.39 is 17.5 Å². The zero-order valence-electron chi connectivity index (χ0n) is 12.0. The van der Waals surface area contributed by atoms with Crippen molar-refractivity contribution in [3.05, 3.63) is 30.2 Å². The summed E-state index contributed by atoms with van der Waals surface area (Å²) >= 11 is 0. The van der Waals surface area contributed by atoms with E-state index in [-0.39, 0.29) is 0 Å². The number of benzene rings is 1. The molecule has 0 radical (unpaired) electrons. The summed E-state index contributed by atoms with van der Waals surface area (Å²) in [5, 5.41) is 9.05. The fourth-order valence-corrected chi connectivity index (χ4v) is 1.76. The number of ether oxygens (including phenoxy) is 1. The van der Waals surface area contributed by atoms with Crippen molar-refractivity contribution in [3.8, 4) is 11.3 Å². The number of anilines is 2. The van der Waals surface area contributed by atoms with Crippen molar-refractivity contribution in [3.63, 3.8) is 0 Å². The smallest absolute Gasteiger partial charge is 0.412 e. The van der Waals surface area contributed by atoms with Crippen LogP contribution in [0.5, 0.6) is 0 Å². The van der Waals surface area contributed by atoms with Crippen molar-refractivity contribution < 1.29 is 13.9 Å². The van der Waals surface area contributed by atoms with E-state index in [4.69, 9.17) is 10.5 Å². The zero-order valence-corrected chi connectivity index (χ0v) is 12.0. The van der Waals surface area contributed by atoms with Gasteiger partial charge in [-0.05, 0) is 39.0 Å². The summed E-state index contributed by atoms with van der Waals surface area (Å²) in [6.45, 7) is 5.26. The lowest BCUT2D eigenvalue weighted by molar-refractivity contribution is 0.0636. The van der Waals surface area contributed by atoms with E-state index in [1.54, 1.807) is 20.8 Å². The van der Waals surface area contributed by atoms with Gasteiger partial charge in [-0.1, -0.05) is 0 Å². The van der Waals surface area contributed by atoms with Crippen molar-refractivity contribution in [1.82, 2.24) is 10.2 Å². The lowest BCUT2D eigenvalue weighted by Crippen LogP contribution is -2.27. The van der Waals surface area contributed by atoms with Crippen LogP contribution in [0.25, 0.3) is 11.3 Å². The fraction of sp³-hybridized carbons (Fsp3) is 0.286. The number of carbonyl (C=O) groups is 1. The average molecular weight is 292 g/mol. The SMILES string of the molecule is CC(C)(C)OC(=O)Nc1ccc(F)cc1-c1[nH]ncc1N. The molecule has 1 amide bonds. The minimum atomic E-state index is -0.631. The van der Waals surface area contributed by atoms with Gasteiger partial charge in [-0.3, -0.25) is 10.4 Å². The summed E-state index contributed by atoms with van der Waals surface area (Å²) in [4.78, 5) is 11.8. The Balaban J connectivity index is 2.32. The molecule has 0 atom stereocenters. The predicted octanol–water partition coefficient (Wildman–Crippen LogP) is 3.15. The number of nitrogens with two attached hydrogens (primary N) is 1. The van der Waals surface area contributed by atoms with Crippen LogP contribution in [0, 0.1) is 5.82 Å². The molecule has 6 nitrogen and oxygen atoms in total. The van der Waals surface area contributed by atoms with Crippen molar-refractivity contribution in [2.24, 2.45) is 0 Å². The van der Waals surface area contributed by atoms with E-state index in [2.05, 4.69) is 15.5 Å². The normalized spacial score (nSPS) is 11.2. The van der Waals surface area contributed by atoms with Crippen LogP contribution in [-0.4, -0.2) is 21.9 Å². The first-order valence-corrected chi connectivity index (χ1v) is 6.35. The van der Waals surface area contributed by atoms with Crippen LogP contribution in [0.1, 0.15) is 20.8 Å². The van der Waals surface area contributed by atoms with Gasteiger partial charge in [0.05, 0.1) is 23.3 Å². The maximum Gasteiger partial charge on any atom is 0.412 e. The van der Waals surface area contributed by atoms with Gasteiger partial charge in [-0.25, -0.2) is 9.18 Å². The first-order chi connectivity index (χ1) is 9.76. The summed E-state index contributed by atoms with van der Waals surface area (Å²) in [6.07, 6.45) is 0.783. The molecule has 1 aromatic heterocycles. The van der Waals surface area contributed by atoms with Crippen molar-refractivity contribution in [2.75, 3.05) is 11.1 Å². The molecule has 0 saturated carbocycles. The minimum absolute atomic E-state index is 0.354. The summed E-state index contributed by atoms with van der Waals surface area (Å²) in [7, 11) is 0. The Morgan fingerprint density at radius 3 is 2.71 bits per heavy atom. The summed E-state index contributed by atoms with van der Waals surface area (Å²) in [5.74, 6) is -0.450. The number of aromatic amines is 1. The molecule has 0 spiro atoms. The Bertz CT molecular complexity index is 661. The largest absolute Gasteiger partial charge is 0.444 e. The second kappa shape index (κ2) is 5.43. The molecule has 112 valence electrons. The van der Waals surface area contributed by atoms with E-state index >= 15 is 0 Å². The number of amides is 1. The quantitative estimate of drug-likeness (QED) is 0.792. The number of H-pyrrole nitrogens is 1. The van der Waals surface area contributed by atoms with Crippen LogP contribution in [0.15, 0.2) is 24.4 Å². The maximum atomic E-state index is 13.5. The molecule has 2 aromatic rings. The molecule has 7 heteroatoms. The van der Waals surface area contributed by atoms with Gasteiger partial charge in [-0.15, -0.1) is 0 Å². The molecule has 0 aliphatic carbocycles. The number of nitrogens with zero attached hydrogens (tertiary/aromatic N) is 1. The first kappa shape index (κ1) is 14.8. The topological polar surface area (TPSA) is 93.0 Å². The standard InChI is InChI=1S/C14H17FN4O2/c1-14(2,3)21-13(20)18-11-5-4-8(15)6-9(11)12-10(16)7-17-19-12/h4-7H,16H2,1-3H3,(H,17,19)(H,18,20). The van der Waals surface area contributed by atoms with Crippen LogP contribution >= 0.6 is 0 Å². The molecule has 0 unspecified atom stereocenters. The van der Waals surface area contributed by atoms with Crippen LogP contribution in [0.3, 0.4) is 0 Å². The van der Waals surface area contributed by atoms with Gasteiger partial charge in [0, 0.05) is 5.56 Å². The highest BCUT2D eigenvalue weighted by Crippen LogP contribution is 2.31. The highest BCUT2D eigenvalue weighted by molar-refractivity contribution is 5.92. The third-order valence-corrected chi connectivity index (χ3v) is 2.56. The summed E-state index contributed by atoms with van der Waals surface area (Å²) in [5.41, 5.74) is 6.70. The second-order valence-electron chi connectivity index (χ2n) is 5.52. The van der Waals surface area contributed by atoms with Gasteiger partial charge >= 0.3 is 6.09 Å². The number of hydrogen-bond donors (Lipinski definition) is 3. The predicted molar refractivity (Wildman–Crippen MR) is 78.3 cm³/mol. The minimum Gasteiger partial charge on any atom is -0.444 e. The number of aromatic nitrogens is 2. The van der Waals surface area contributed by atoms with Gasteiger partial charge < -0.3 is 10.5 Å². The Morgan fingerprint density at radius 2 is 2.14 bits per heavy atom. The average Bonchev–Trinajstić information content (AvgIpc) is 2.75. The van der Waals surface area contributed by atoms with E-state index in [1.165, 1.54) is 24.4 Å². The van der Waals surface area contributed by atoms with E-state index in [0.29, 0.717) is 22.6 Å². The second-order valence-corrected chi connectivity index (χ2v) is 5.52. The van der Waals surface area contributed by atoms with Crippen molar-refractivity contribution >= 4 is 17.5 Å². The summed E-state index contributed by atoms with van der Waals surface area (Å²) < 4.78 is 18.6. The summed E-state index contributed by atoms with van der Waals surface area (Å²) in [6, 6.07) is 3.94. The fourth-order valence-electron chi connectivity index (χ4n) is 1.76. The Hall–Kier alpha value is -2.57. The van der Waals surface area contributed by atoms with Gasteiger partial charge in [0.15, 0.2) is 0 Å². The number of nitrogens with one attached hydrogen (secondary N) is 2. The lowest BCUT2D eigenvalue weighted by Gasteiger charge is -2.20. The molecule has 21 heavy (non-hydrogen) atoms. The number of halogens is 1. The number of rotatable bonds is 2. The molecule has 0 saturated heterocycles. The van der Waals surface area contributed by atoms with Crippen LogP contribution in [0.2, 0.25) is 0 Å². The van der Waals surface area contributed by atoms with Gasteiger partial charge in [-0.2, -0.15) is 5.10 Å². The van der Waals surface area contributed by atoms with Crippen molar-refractivity contribution in [2.45, 2.75) is 26.4 Å². The van der Waals surface area contributed by atoms with Crippen LogP contribution in [-0.2, 0) is 4.74 Å². The molecule has 1 aromatic carbocycles. The molecule has 4 N–H and O–H groups in total. The molecular weight excluding hydrogens is 275 g/mol. The lowest BCUT2D eigenvalue weighted by atomic mass is 10.1. The molecule has 0 fully saturated rings. The third-order valence-electron chi connectivity index (χ3n) is 2.56. The Labute approximate surface area is 121 Å². The molecule has 2 rings (SSSR count). The van der Waals surface area contributed by atoms with Crippen LogP contribution < -0.4 is 11.1 Å². The zero-order chi connectivity index (χ0) is 15.6. The Kier molecular flexibility index (Phi) is 3.84. The monoisotopic (exact) mass is 292 g/mol. The van der Waals surface area contributed by atoms with Crippen LogP contribution in [0.4, 0.5) is 20.6 Å². The molecule has 0 bridgehead atoms. The Morgan fingerprint density at radius 1 is 1.43 bits per heavy atom. The maximum absolute atomic E-state index is 13.5. The highest BCUT2D eigenvalue weighted by Gasteiger charge is 2.18. The van der Waals surface area contributed by atoms with E-state index in [1.807, 2.05) is 0 Å². The molecule has 1 heterocycles. The van der Waals surface area contributed by atoms with Gasteiger partial charge in [0.1, 0.15) is 11.4 Å². The molecule has 0 aliphatic heterocycles. The first-order valence-electron chi connectivity index (χ1n) is 6.35. The van der Waals surface area contributed by atoms with E-state index in [9.17, 15) is 9.18 Å². The number of hydrogen-bond acceptors (Lipinski definition) is 4. The van der Waals surface area contributed by atoms with Crippen molar-refractivity contribution in [1.29, 1.82) is 0 Å². The van der Waals surface area contributed by atoms with Gasteiger partial charge in [0.25, 0.3) is 0 Å². The third kappa shape index (κ3) is 3.71. The molecular formula is C14H17FN4O2. The number of carbonyl (C=O) groups excluding carboxylic acids is 1. The number of nitrogen functional groups attached to an aromatic ring is 1. The molecule has 0 aliphatic rings. The van der Waals surface area contributed by atoms with E-state index in [0.717, 1.165) is 0 Å².